The number of nitrogens with zero attached hydrogens (tertiary/aromatic N) is 3. The molecular formula is C13H12N6. The third-order valence-electron chi connectivity index (χ3n) is 2.80. The van der Waals surface area contributed by atoms with E-state index in [1.165, 1.54) is 0 Å². The Bertz CT molecular complexity index is 691. The van der Waals surface area contributed by atoms with Crippen molar-refractivity contribution in [3.05, 3.63) is 43.1 Å². The Labute approximate surface area is 109 Å². The number of hydrogen-bond acceptors (Lipinski definition) is 5. The molecule has 3 rings (SSSR count). The lowest BCUT2D eigenvalue weighted by Gasteiger charge is -2.11. The summed E-state index contributed by atoms with van der Waals surface area (Å²) in [5.74, 6) is 0.720. The van der Waals surface area contributed by atoms with E-state index in [2.05, 4.69) is 19.9 Å². The monoisotopic (exact) mass is 252 g/mol. The van der Waals surface area contributed by atoms with Crippen LogP contribution in [-0.4, -0.2) is 19.9 Å². The lowest BCUT2D eigenvalue weighted by molar-refractivity contribution is 1.20. The van der Waals surface area contributed by atoms with Gasteiger partial charge < -0.3 is 16.5 Å². The quantitative estimate of drug-likeness (QED) is 0.643. The molecule has 5 N–H and O–H groups in total. The van der Waals surface area contributed by atoms with Crippen LogP contribution in [0.3, 0.4) is 0 Å². The number of nitrogen functional groups attached to an aromatic ring is 2. The summed E-state index contributed by atoms with van der Waals surface area (Å²) in [6.45, 7) is 0. The molecule has 0 bridgehead atoms. The van der Waals surface area contributed by atoms with Crippen LogP contribution in [0.4, 0.5) is 11.6 Å². The minimum Gasteiger partial charge on any atom is -0.384 e. The molecule has 94 valence electrons. The zero-order valence-electron chi connectivity index (χ0n) is 10.0. The van der Waals surface area contributed by atoms with Crippen LogP contribution in [0.2, 0.25) is 0 Å². The molecule has 0 saturated heterocycles. The first-order valence-corrected chi connectivity index (χ1v) is 5.71. The summed E-state index contributed by atoms with van der Waals surface area (Å²) in [7, 11) is 0. The number of anilines is 2. The third-order valence-corrected chi connectivity index (χ3v) is 2.80. The van der Waals surface area contributed by atoms with Crippen LogP contribution in [0, 0.1) is 0 Å². The molecule has 0 amide bonds. The standard InChI is InChI=1S/C13H12N6/c14-11-5-9(8-1-2-16-6-8)12(13(15)19-11)10-7-17-3-4-18-10/h1-7,16H,(H4,14,15,19). The van der Waals surface area contributed by atoms with E-state index in [1.54, 1.807) is 24.7 Å². The van der Waals surface area contributed by atoms with E-state index in [4.69, 9.17) is 11.5 Å². The molecule has 3 heterocycles. The van der Waals surface area contributed by atoms with Crippen LogP contribution in [0.15, 0.2) is 43.1 Å². The molecule has 0 atom stereocenters. The van der Waals surface area contributed by atoms with Crippen LogP contribution < -0.4 is 11.5 Å². The van der Waals surface area contributed by atoms with Gasteiger partial charge in [0.15, 0.2) is 0 Å². The lowest BCUT2D eigenvalue weighted by Crippen LogP contribution is -2.01. The van der Waals surface area contributed by atoms with Crippen LogP contribution >= 0.6 is 0 Å². The van der Waals surface area contributed by atoms with E-state index in [-0.39, 0.29) is 0 Å². The number of hydrogen-bond donors (Lipinski definition) is 3. The Kier molecular flexibility index (Phi) is 2.60. The average molecular weight is 252 g/mol. The van der Waals surface area contributed by atoms with Crippen molar-refractivity contribution in [2.45, 2.75) is 0 Å². The van der Waals surface area contributed by atoms with Crippen LogP contribution in [0.1, 0.15) is 0 Å². The second kappa shape index (κ2) is 4.41. The van der Waals surface area contributed by atoms with Crippen molar-refractivity contribution in [1.29, 1.82) is 0 Å². The topological polar surface area (TPSA) is 106 Å². The number of H-pyrrole nitrogens is 1. The van der Waals surface area contributed by atoms with Gasteiger partial charge in [0.25, 0.3) is 0 Å². The predicted octanol–water partition coefficient (Wildman–Crippen LogP) is 1.70. The molecule has 6 nitrogen and oxygen atoms in total. The van der Waals surface area contributed by atoms with Crippen molar-refractivity contribution in [3.63, 3.8) is 0 Å². The summed E-state index contributed by atoms with van der Waals surface area (Å²) in [6, 6.07) is 3.72. The molecule has 3 aromatic heterocycles. The summed E-state index contributed by atoms with van der Waals surface area (Å²) in [5.41, 5.74) is 15.0. The van der Waals surface area contributed by atoms with Gasteiger partial charge >= 0.3 is 0 Å². The van der Waals surface area contributed by atoms with Gasteiger partial charge in [0.1, 0.15) is 11.6 Å². The Morgan fingerprint density at radius 3 is 2.74 bits per heavy atom. The second-order valence-electron chi connectivity index (χ2n) is 4.05. The van der Waals surface area contributed by atoms with Gasteiger partial charge in [0, 0.05) is 30.4 Å². The molecule has 0 aliphatic rings. The maximum atomic E-state index is 5.99. The predicted molar refractivity (Wildman–Crippen MR) is 73.9 cm³/mol. The Morgan fingerprint density at radius 1 is 1.16 bits per heavy atom. The number of nitrogens with two attached hydrogens (primary N) is 2. The van der Waals surface area contributed by atoms with Gasteiger partial charge in [-0.2, -0.15) is 0 Å². The van der Waals surface area contributed by atoms with Crippen molar-refractivity contribution in [2.75, 3.05) is 11.5 Å². The molecule has 0 spiro atoms. The highest BCUT2D eigenvalue weighted by Gasteiger charge is 2.14. The van der Waals surface area contributed by atoms with Gasteiger partial charge in [-0.05, 0) is 17.7 Å². The second-order valence-corrected chi connectivity index (χ2v) is 4.05. The summed E-state index contributed by atoms with van der Waals surface area (Å²) in [4.78, 5) is 15.4. The third kappa shape index (κ3) is 1.99. The molecule has 0 radical (unpaired) electrons. The van der Waals surface area contributed by atoms with E-state index in [0.29, 0.717) is 17.3 Å². The fourth-order valence-corrected chi connectivity index (χ4v) is 2.00. The van der Waals surface area contributed by atoms with E-state index in [9.17, 15) is 0 Å². The Hall–Kier alpha value is -2.89. The zero-order chi connectivity index (χ0) is 13.2. The van der Waals surface area contributed by atoms with Crippen molar-refractivity contribution < 1.29 is 0 Å². The van der Waals surface area contributed by atoms with E-state index < -0.39 is 0 Å². The maximum absolute atomic E-state index is 5.99. The smallest absolute Gasteiger partial charge is 0.135 e. The Balaban J connectivity index is 2.29. The van der Waals surface area contributed by atoms with Crippen molar-refractivity contribution in [2.24, 2.45) is 0 Å². The number of aromatic amines is 1. The van der Waals surface area contributed by atoms with Gasteiger partial charge in [0.05, 0.1) is 17.5 Å². The fraction of sp³-hybridized carbons (Fsp3) is 0. The summed E-state index contributed by atoms with van der Waals surface area (Å²) < 4.78 is 0. The number of rotatable bonds is 2. The maximum Gasteiger partial charge on any atom is 0.135 e. The summed E-state index contributed by atoms with van der Waals surface area (Å²) >= 11 is 0. The number of pyridine rings is 1. The first-order chi connectivity index (χ1) is 9.25. The van der Waals surface area contributed by atoms with E-state index in [1.807, 2.05) is 18.5 Å². The number of nitrogens with one attached hydrogen (secondary N) is 1. The highest BCUT2D eigenvalue weighted by Crippen LogP contribution is 2.35. The van der Waals surface area contributed by atoms with Crippen molar-refractivity contribution in [1.82, 2.24) is 19.9 Å². The fourth-order valence-electron chi connectivity index (χ4n) is 2.00. The van der Waals surface area contributed by atoms with Crippen LogP contribution in [0.25, 0.3) is 22.4 Å². The number of aromatic nitrogens is 4. The Morgan fingerprint density at radius 2 is 2.05 bits per heavy atom. The minimum atomic E-state index is 0.344. The molecule has 6 heteroatoms. The van der Waals surface area contributed by atoms with Crippen molar-refractivity contribution in [3.8, 4) is 22.4 Å². The van der Waals surface area contributed by atoms with Gasteiger partial charge in [-0.1, -0.05) is 0 Å². The van der Waals surface area contributed by atoms with Gasteiger partial charge in [-0.15, -0.1) is 0 Å². The molecule has 0 aliphatic heterocycles. The van der Waals surface area contributed by atoms with E-state index in [0.717, 1.165) is 16.7 Å². The molecule has 0 fully saturated rings. The minimum absolute atomic E-state index is 0.344. The van der Waals surface area contributed by atoms with Gasteiger partial charge in [0.2, 0.25) is 0 Å². The van der Waals surface area contributed by atoms with Crippen LogP contribution in [0.5, 0.6) is 0 Å². The van der Waals surface area contributed by atoms with E-state index >= 15 is 0 Å². The molecule has 0 unspecified atom stereocenters. The zero-order valence-corrected chi connectivity index (χ0v) is 10.0. The molecular weight excluding hydrogens is 240 g/mol. The largest absolute Gasteiger partial charge is 0.384 e. The van der Waals surface area contributed by atoms with Gasteiger partial charge in [-0.25, -0.2) is 4.98 Å². The normalized spacial score (nSPS) is 10.5. The van der Waals surface area contributed by atoms with Crippen LogP contribution in [-0.2, 0) is 0 Å². The molecule has 0 saturated carbocycles. The van der Waals surface area contributed by atoms with Gasteiger partial charge in [-0.3, -0.25) is 9.97 Å². The summed E-state index contributed by atoms with van der Waals surface area (Å²) in [5, 5.41) is 0. The molecule has 0 aliphatic carbocycles. The highest BCUT2D eigenvalue weighted by atomic mass is 14.9. The molecule has 19 heavy (non-hydrogen) atoms. The SMILES string of the molecule is Nc1cc(-c2cc[nH]c2)c(-c2cnccn2)c(N)n1. The summed E-state index contributed by atoms with van der Waals surface area (Å²) in [6.07, 6.45) is 8.59. The lowest BCUT2D eigenvalue weighted by atomic mass is 10.0. The molecule has 3 aromatic rings. The highest BCUT2D eigenvalue weighted by molar-refractivity contribution is 5.89. The first-order valence-electron chi connectivity index (χ1n) is 5.71. The molecule has 0 aromatic carbocycles. The van der Waals surface area contributed by atoms with Crippen molar-refractivity contribution >= 4 is 11.6 Å². The average Bonchev–Trinajstić information content (AvgIpc) is 2.92. The first kappa shape index (κ1) is 11.2.